The molecule has 0 aromatic carbocycles. The second kappa shape index (κ2) is 4.03. The van der Waals surface area contributed by atoms with Gasteiger partial charge in [-0.2, -0.15) is 8.75 Å². The van der Waals surface area contributed by atoms with E-state index in [9.17, 15) is 0 Å². The van der Waals surface area contributed by atoms with Gasteiger partial charge in [0.05, 0.1) is 11.7 Å². The van der Waals surface area contributed by atoms with E-state index in [4.69, 9.17) is 11.6 Å². The van der Waals surface area contributed by atoms with E-state index in [1.165, 1.54) is 24.6 Å². The second-order valence-corrected chi connectivity index (χ2v) is 4.95. The molecule has 0 spiro atoms. The second-order valence-electron chi connectivity index (χ2n) is 4.06. The minimum absolute atomic E-state index is 0.535. The fraction of sp³-hybridized carbons (Fsp3) is 0.778. The molecular formula is C9H14ClN3S. The Kier molecular flexibility index (Phi) is 2.93. The zero-order valence-corrected chi connectivity index (χ0v) is 9.98. The number of halogens is 1. The molecule has 0 aliphatic carbocycles. The van der Waals surface area contributed by atoms with Crippen molar-refractivity contribution in [1.29, 1.82) is 0 Å². The summed E-state index contributed by atoms with van der Waals surface area (Å²) in [6, 6.07) is 0.535. The Balaban J connectivity index is 2.20. The highest BCUT2D eigenvalue weighted by atomic mass is 35.5. The van der Waals surface area contributed by atoms with E-state index >= 15 is 0 Å². The summed E-state index contributed by atoms with van der Waals surface area (Å²) in [5.74, 6) is 1.60. The first-order valence-corrected chi connectivity index (χ1v) is 6.04. The van der Waals surface area contributed by atoms with Crippen LogP contribution in [0.25, 0.3) is 0 Å². The van der Waals surface area contributed by atoms with E-state index in [0.29, 0.717) is 11.2 Å². The molecule has 0 amide bonds. The third-order valence-electron chi connectivity index (χ3n) is 2.82. The quantitative estimate of drug-likeness (QED) is 0.744. The molecule has 1 aliphatic rings. The fourth-order valence-electron chi connectivity index (χ4n) is 1.93. The highest BCUT2D eigenvalue weighted by Gasteiger charge is 2.26. The molecule has 3 nitrogen and oxygen atoms in total. The lowest BCUT2D eigenvalue weighted by atomic mass is 9.95. The molecule has 1 aromatic heterocycles. The summed E-state index contributed by atoms with van der Waals surface area (Å²) in [5, 5.41) is 0.552. The Morgan fingerprint density at radius 1 is 1.36 bits per heavy atom. The molecule has 1 aliphatic heterocycles. The van der Waals surface area contributed by atoms with Crippen molar-refractivity contribution in [2.75, 3.05) is 11.4 Å². The largest absolute Gasteiger partial charge is 0.350 e. The first-order valence-electron chi connectivity index (χ1n) is 4.93. The molecule has 2 heterocycles. The first kappa shape index (κ1) is 10.2. The number of rotatable bonds is 1. The van der Waals surface area contributed by atoms with Gasteiger partial charge in [-0.1, -0.05) is 18.5 Å². The lowest BCUT2D eigenvalue weighted by Crippen LogP contribution is -2.41. The standard InChI is InChI=1S/C9H14ClN3S/c1-6-3-4-7(2)13(5-6)9-8(10)11-14-12-9/h6-7H,3-5H2,1-2H3. The molecule has 1 saturated heterocycles. The van der Waals surface area contributed by atoms with Crippen molar-refractivity contribution < 1.29 is 0 Å². The molecule has 14 heavy (non-hydrogen) atoms. The first-order chi connectivity index (χ1) is 6.68. The Morgan fingerprint density at radius 3 is 2.79 bits per heavy atom. The van der Waals surface area contributed by atoms with Crippen LogP contribution in [0.15, 0.2) is 0 Å². The van der Waals surface area contributed by atoms with Gasteiger partial charge in [-0.25, -0.2) is 0 Å². The predicted octanol–water partition coefficient (Wildman–Crippen LogP) is 2.82. The minimum atomic E-state index is 0.535. The van der Waals surface area contributed by atoms with Crippen LogP contribution >= 0.6 is 23.3 Å². The van der Waals surface area contributed by atoms with E-state index in [0.717, 1.165) is 18.3 Å². The van der Waals surface area contributed by atoms with Gasteiger partial charge in [-0.15, -0.1) is 0 Å². The number of hydrogen-bond donors (Lipinski definition) is 0. The van der Waals surface area contributed by atoms with Crippen molar-refractivity contribution in [1.82, 2.24) is 8.75 Å². The molecular weight excluding hydrogens is 218 g/mol. The van der Waals surface area contributed by atoms with E-state index < -0.39 is 0 Å². The highest BCUT2D eigenvalue weighted by Crippen LogP contribution is 2.30. The monoisotopic (exact) mass is 231 g/mol. The minimum Gasteiger partial charge on any atom is -0.350 e. The third kappa shape index (κ3) is 1.86. The van der Waals surface area contributed by atoms with Crippen molar-refractivity contribution in [3.63, 3.8) is 0 Å². The Labute approximate surface area is 93.4 Å². The molecule has 2 unspecified atom stereocenters. The molecule has 1 aromatic rings. The summed E-state index contributed by atoms with van der Waals surface area (Å²) >= 11 is 7.17. The smallest absolute Gasteiger partial charge is 0.187 e. The van der Waals surface area contributed by atoms with E-state index in [1.54, 1.807) is 0 Å². The van der Waals surface area contributed by atoms with Gasteiger partial charge in [-0.3, -0.25) is 0 Å². The predicted molar refractivity (Wildman–Crippen MR) is 60.1 cm³/mol. The van der Waals surface area contributed by atoms with Crippen LogP contribution in [0.3, 0.4) is 0 Å². The van der Waals surface area contributed by atoms with Crippen molar-refractivity contribution in [3.8, 4) is 0 Å². The van der Waals surface area contributed by atoms with Gasteiger partial charge >= 0.3 is 0 Å². The molecule has 2 atom stereocenters. The van der Waals surface area contributed by atoms with Crippen LogP contribution in [0.2, 0.25) is 5.15 Å². The van der Waals surface area contributed by atoms with Gasteiger partial charge < -0.3 is 4.90 Å². The molecule has 78 valence electrons. The number of aromatic nitrogens is 2. The molecule has 1 fully saturated rings. The van der Waals surface area contributed by atoms with Gasteiger partial charge in [0.2, 0.25) is 0 Å². The summed E-state index contributed by atoms with van der Waals surface area (Å²) in [6.45, 7) is 5.54. The van der Waals surface area contributed by atoms with E-state index in [-0.39, 0.29) is 0 Å². The lowest BCUT2D eigenvalue weighted by molar-refractivity contribution is 0.388. The SMILES string of the molecule is CC1CCC(C)N(c2nsnc2Cl)C1. The Bertz CT molecular complexity index is 315. The van der Waals surface area contributed by atoms with E-state index in [1.807, 2.05) is 0 Å². The number of hydrogen-bond acceptors (Lipinski definition) is 4. The van der Waals surface area contributed by atoms with Crippen molar-refractivity contribution in [2.45, 2.75) is 32.7 Å². The zero-order chi connectivity index (χ0) is 10.1. The summed E-state index contributed by atoms with van der Waals surface area (Å²) in [7, 11) is 0. The van der Waals surface area contributed by atoms with Crippen LogP contribution < -0.4 is 4.90 Å². The van der Waals surface area contributed by atoms with Crippen molar-refractivity contribution >= 4 is 29.1 Å². The van der Waals surface area contributed by atoms with Crippen LogP contribution in [0.4, 0.5) is 5.82 Å². The molecule has 5 heteroatoms. The van der Waals surface area contributed by atoms with Gasteiger partial charge in [0.25, 0.3) is 0 Å². The average Bonchev–Trinajstić information content (AvgIpc) is 2.56. The number of nitrogens with zero attached hydrogens (tertiary/aromatic N) is 3. The van der Waals surface area contributed by atoms with Crippen molar-refractivity contribution in [2.24, 2.45) is 5.92 Å². The molecule has 0 N–H and O–H groups in total. The molecule has 2 rings (SSSR count). The average molecular weight is 232 g/mol. The highest BCUT2D eigenvalue weighted by molar-refractivity contribution is 6.99. The lowest BCUT2D eigenvalue weighted by Gasteiger charge is -2.36. The maximum Gasteiger partial charge on any atom is 0.187 e. The topological polar surface area (TPSA) is 29.0 Å². The van der Waals surface area contributed by atoms with Gasteiger partial charge in [0.1, 0.15) is 0 Å². The third-order valence-corrected chi connectivity index (χ3v) is 3.70. The normalized spacial score (nSPS) is 28.1. The summed E-state index contributed by atoms with van der Waals surface area (Å²) in [4.78, 5) is 2.28. The fourth-order valence-corrected chi connectivity index (χ4v) is 2.68. The molecule has 0 bridgehead atoms. The summed E-state index contributed by atoms with van der Waals surface area (Å²) in [6.07, 6.45) is 2.52. The summed E-state index contributed by atoms with van der Waals surface area (Å²) < 4.78 is 8.25. The maximum atomic E-state index is 5.98. The zero-order valence-electron chi connectivity index (χ0n) is 8.40. The van der Waals surface area contributed by atoms with Crippen LogP contribution in [0.1, 0.15) is 26.7 Å². The molecule has 0 radical (unpaired) electrons. The van der Waals surface area contributed by atoms with Gasteiger partial charge in [0, 0.05) is 12.6 Å². The maximum absolute atomic E-state index is 5.98. The summed E-state index contributed by atoms with van der Waals surface area (Å²) in [5.41, 5.74) is 0. The Hall–Kier alpha value is -0.350. The molecule has 0 saturated carbocycles. The van der Waals surface area contributed by atoms with Crippen LogP contribution in [-0.4, -0.2) is 21.3 Å². The van der Waals surface area contributed by atoms with E-state index in [2.05, 4.69) is 27.5 Å². The number of piperidine rings is 1. The number of anilines is 1. The van der Waals surface area contributed by atoms with Gasteiger partial charge in [-0.05, 0) is 25.7 Å². The van der Waals surface area contributed by atoms with Gasteiger partial charge in [0.15, 0.2) is 11.0 Å². The van der Waals surface area contributed by atoms with Crippen molar-refractivity contribution in [3.05, 3.63) is 5.15 Å². The van der Waals surface area contributed by atoms with Crippen LogP contribution in [0, 0.1) is 5.92 Å². The Morgan fingerprint density at radius 2 is 2.14 bits per heavy atom. The van der Waals surface area contributed by atoms with Crippen LogP contribution in [0.5, 0.6) is 0 Å². The van der Waals surface area contributed by atoms with Crippen LogP contribution in [-0.2, 0) is 0 Å².